The Balaban J connectivity index is 1.55. The second kappa shape index (κ2) is 9.85. The van der Waals surface area contributed by atoms with Crippen molar-refractivity contribution >= 4 is 52.4 Å². The molecule has 8 heteroatoms. The van der Waals surface area contributed by atoms with Gasteiger partial charge in [0.1, 0.15) is 11.5 Å². The normalized spacial score (nSPS) is 10.4. The molecule has 0 bridgehead atoms. The molecule has 0 aliphatic rings. The number of aryl methyl sites for hydroxylation is 1. The lowest BCUT2D eigenvalue weighted by atomic mass is 10.2. The molecule has 1 N–H and O–H groups in total. The number of halogens is 3. The van der Waals surface area contributed by atoms with Gasteiger partial charge in [-0.3, -0.25) is 4.79 Å². The number of rotatable bonds is 6. The number of nitrogens with one attached hydrogen (secondary N) is 1. The van der Waals surface area contributed by atoms with E-state index in [0.29, 0.717) is 32.1 Å². The van der Waals surface area contributed by atoms with Crippen molar-refractivity contribution in [3.05, 3.63) is 86.9 Å². The van der Waals surface area contributed by atoms with Gasteiger partial charge < -0.3 is 14.8 Å². The summed E-state index contributed by atoms with van der Waals surface area (Å²) in [5.41, 5.74) is 1.61. The van der Waals surface area contributed by atoms with Gasteiger partial charge in [0.05, 0.1) is 10.7 Å². The maximum Gasteiger partial charge on any atom is 0.349 e. The lowest BCUT2D eigenvalue weighted by molar-refractivity contribution is -0.136. The Hall–Kier alpha value is -2.73. The molecular weight excluding hydrogens is 449 g/mol. The lowest BCUT2D eigenvalue weighted by Gasteiger charge is -2.09. The molecule has 0 aliphatic heterocycles. The molecule has 0 fully saturated rings. The molecule has 0 aromatic heterocycles. The molecule has 0 saturated carbocycles. The van der Waals surface area contributed by atoms with Gasteiger partial charge in [0.25, 0.3) is 5.91 Å². The minimum Gasteiger partial charge on any atom is -0.482 e. The zero-order valence-corrected chi connectivity index (χ0v) is 18.0. The second-order valence-corrected chi connectivity index (χ2v) is 7.53. The number of amides is 1. The van der Waals surface area contributed by atoms with E-state index in [1.54, 1.807) is 36.4 Å². The van der Waals surface area contributed by atoms with E-state index in [0.717, 1.165) is 5.56 Å². The number of benzene rings is 3. The van der Waals surface area contributed by atoms with Crippen LogP contribution in [0.25, 0.3) is 0 Å². The van der Waals surface area contributed by atoms with Crippen LogP contribution in [-0.4, -0.2) is 18.5 Å². The maximum atomic E-state index is 12.4. The standard InChI is InChI=1S/C22H16Cl3NO4/c1-13-10-17(7-9-18(13)24)29-12-21(27)30-16-5-2-14(3-6-16)22(28)26-20-11-15(23)4-8-19(20)25/h2-11H,12H2,1H3,(H,26,28). The summed E-state index contributed by atoms with van der Waals surface area (Å²) in [5, 5.41) is 4.12. The fourth-order valence-corrected chi connectivity index (χ4v) is 2.93. The topological polar surface area (TPSA) is 64.6 Å². The van der Waals surface area contributed by atoms with Gasteiger partial charge in [0.2, 0.25) is 0 Å². The van der Waals surface area contributed by atoms with E-state index >= 15 is 0 Å². The van der Waals surface area contributed by atoms with E-state index in [-0.39, 0.29) is 18.3 Å². The smallest absolute Gasteiger partial charge is 0.349 e. The summed E-state index contributed by atoms with van der Waals surface area (Å²) in [6, 6.07) is 15.9. The van der Waals surface area contributed by atoms with Crippen LogP contribution in [0.3, 0.4) is 0 Å². The molecule has 1 amide bonds. The van der Waals surface area contributed by atoms with Crippen LogP contribution < -0.4 is 14.8 Å². The molecule has 0 aliphatic carbocycles. The van der Waals surface area contributed by atoms with Crippen LogP contribution in [0.2, 0.25) is 15.1 Å². The van der Waals surface area contributed by atoms with Crippen molar-refractivity contribution < 1.29 is 19.1 Å². The van der Waals surface area contributed by atoms with Crippen LogP contribution in [-0.2, 0) is 4.79 Å². The van der Waals surface area contributed by atoms with Crippen LogP contribution in [0, 0.1) is 6.92 Å². The number of carbonyl (C=O) groups excluding carboxylic acids is 2. The predicted molar refractivity (Wildman–Crippen MR) is 118 cm³/mol. The van der Waals surface area contributed by atoms with Gasteiger partial charge in [-0.1, -0.05) is 34.8 Å². The zero-order valence-electron chi connectivity index (χ0n) is 15.7. The first-order valence-corrected chi connectivity index (χ1v) is 9.91. The van der Waals surface area contributed by atoms with Crippen LogP contribution >= 0.6 is 34.8 Å². The number of esters is 1. The Morgan fingerprint density at radius 1 is 0.867 bits per heavy atom. The molecule has 154 valence electrons. The third kappa shape index (κ3) is 5.89. The van der Waals surface area contributed by atoms with Crippen molar-refractivity contribution in [3.8, 4) is 11.5 Å². The van der Waals surface area contributed by atoms with Crippen molar-refractivity contribution in [2.45, 2.75) is 6.92 Å². The van der Waals surface area contributed by atoms with Crippen molar-refractivity contribution in [2.24, 2.45) is 0 Å². The molecule has 30 heavy (non-hydrogen) atoms. The van der Waals surface area contributed by atoms with Crippen molar-refractivity contribution in [1.82, 2.24) is 0 Å². The van der Waals surface area contributed by atoms with Gasteiger partial charge in [-0.2, -0.15) is 0 Å². The summed E-state index contributed by atoms with van der Waals surface area (Å²) in [6.45, 7) is 1.57. The lowest BCUT2D eigenvalue weighted by Crippen LogP contribution is -2.18. The van der Waals surface area contributed by atoms with E-state index in [2.05, 4.69) is 5.32 Å². The number of hydrogen-bond donors (Lipinski definition) is 1. The summed E-state index contributed by atoms with van der Waals surface area (Å²) in [7, 11) is 0. The monoisotopic (exact) mass is 463 g/mol. The maximum absolute atomic E-state index is 12.4. The van der Waals surface area contributed by atoms with Gasteiger partial charge in [0, 0.05) is 15.6 Å². The van der Waals surface area contributed by atoms with Crippen molar-refractivity contribution in [3.63, 3.8) is 0 Å². The van der Waals surface area contributed by atoms with E-state index in [1.807, 2.05) is 6.92 Å². The third-order valence-electron chi connectivity index (χ3n) is 4.01. The number of hydrogen-bond acceptors (Lipinski definition) is 4. The number of anilines is 1. The second-order valence-electron chi connectivity index (χ2n) is 6.28. The molecule has 0 unspecified atom stereocenters. The summed E-state index contributed by atoms with van der Waals surface area (Å²) in [4.78, 5) is 24.4. The first-order chi connectivity index (χ1) is 14.3. The van der Waals surface area contributed by atoms with E-state index in [4.69, 9.17) is 44.3 Å². The predicted octanol–water partition coefficient (Wildman–Crippen LogP) is 6.19. The molecule has 0 saturated heterocycles. The van der Waals surface area contributed by atoms with Crippen LogP contribution in [0.4, 0.5) is 5.69 Å². The Morgan fingerprint density at radius 2 is 1.53 bits per heavy atom. The minimum atomic E-state index is -0.578. The van der Waals surface area contributed by atoms with Crippen LogP contribution in [0.15, 0.2) is 60.7 Å². The van der Waals surface area contributed by atoms with Gasteiger partial charge in [-0.25, -0.2) is 4.79 Å². The molecular formula is C22H16Cl3NO4. The highest BCUT2D eigenvalue weighted by Gasteiger charge is 2.11. The minimum absolute atomic E-state index is 0.267. The number of carbonyl (C=O) groups is 2. The molecule has 5 nitrogen and oxygen atoms in total. The Labute approximate surface area is 188 Å². The number of ether oxygens (including phenoxy) is 2. The molecule has 3 aromatic rings. The highest BCUT2D eigenvalue weighted by atomic mass is 35.5. The first kappa shape index (κ1) is 22.0. The quantitative estimate of drug-likeness (QED) is 0.349. The van der Waals surface area contributed by atoms with Crippen LogP contribution in [0.5, 0.6) is 11.5 Å². The molecule has 0 heterocycles. The van der Waals surface area contributed by atoms with Gasteiger partial charge in [-0.05, 0) is 73.2 Å². The summed E-state index contributed by atoms with van der Waals surface area (Å²) in [5.74, 6) is -0.155. The average molecular weight is 465 g/mol. The van der Waals surface area contributed by atoms with E-state index < -0.39 is 5.97 Å². The van der Waals surface area contributed by atoms with Crippen molar-refractivity contribution in [1.29, 1.82) is 0 Å². The average Bonchev–Trinajstić information content (AvgIpc) is 2.72. The summed E-state index contributed by atoms with van der Waals surface area (Å²) in [6.07, 6.45) is 0. The van der Waals surface area contributed by atoms with Gasteiger partial charge in [-0.15, -0.1) is 0 Å². The van der Waals surface area contributed by atoms with E-state index in [9.17, 15) is 9.59 Å². The Morgan fingerprint density at radius 3 is 2.23 bits per heavy atom. The Kier molecular flexibility index (Phi) is 7.21. The zero-order chi connectivity index (χ0) is 21.7. The summed E-state index contributed by atoms with van der Waals surface area (Å²) < 4.78 is 10.6. The van der Waals surface area contributed by atoms with E-state index in [1.165, 1.54) is 24.3 Å². The highest BCUT2D eigenvalue weighted by Crippen LogP contribution is 2.26. The van der Waals surface area contributed by atoms with Gasteiger partial charge >= 0.3 is 5.97 Å². The fourth-order valence-electron chi connectivity index (χ4n) is 2.47. The first-order valence-electron chi connectivity index (χ1n) is 8.78. The SMILES string of the molecule is Cc1cc(OCC(=O)Oc2ccc(C(=O)Nc3cc(Cl)ccc3Cl)cc2)ccc1Cl. The molecule has 0 atom stereocenters. The largest absolute Gasteiger partial charge is 0.482 e. The molecule has 0 spiro atoms. The van der Waals surface area contributed by atoms with Crippen LogP contribution in [0.1, 0.15) is 15.9 Å². The highest BCUT2D eigenvalue weighted by molar-refractivity contribution is 6.36. The Bertz CT molecular complexity index is 1080. The van der Waals surface area contributed by atoms with Crippen molar-refractivity contribution in [2.75, 3.05) is 11.9 Å². The molecule has 0 radical (unpaired) electrons. The third-order valence-corrected chi connectivity index (χ3v) is 5.00. The molecule has 3 aromatic carbocycles. The molecule has 3 rings (SSSR count). The summed E-state index contributed by atoms with van der Waals surface area (Å²) >= 11 is 17.9. The van der Waals surface area contributed by atoms with Gasteiger partial charge in [0.15, 0.2) is 6.61 Å². The fraction of sp³-hybridized carbons (Fsp3) is 0.0909.